The molecule has 0 aromatic rings. The van der Waals surface area contributed by atoms with Gasteiger partial charge in [0.25, 0.3) is 11.7 Å². The van der Waals surface area contributed by atoms with Crippen molar-refractivity contribution in [3.8, 4) is 0 Å². The third kappa shape index (κ3) is 1.55. The minimum Gasteiger partial charge on any atom is -0.345 e. The average Bonchev–Trinajstić information content (AvgIpc) is 2.60. The molecule has 2 aliphatic rings. The summed E-state index contributed by atoms with van der Waals surface area (Å²) in [6.07, 6.45) is 3.00. The lowest BCUT2D eigenvalue weighted by atomic mass is 9.90. The second-order valence-corrected chi connectivity index (χ2v) is 3.82. The molecule has 0 aromatic carbocycles. The number of rotatable bonds is 3. The Hall–Kier alpha value is -1.73. The van der Waals surface area contributed by atoms with E-state index in [1.54, 1.807) is 0 Å². The van der Waals surface area contributed by atoms with Crippen LogP contribution in [0.5, 0.6) is 0 Å². The number of fused-ring (bicyclic) bond motifs is 1. The summed E-state index contributed by atoms with van der Waals surface area (Å²) in [4.78, 5) is 22.1. The van der Waals surface area contributed by atoms with Crippen molar-refractivity contribution in [1.82, 2.24) is 5.32 Å². The largest absolute Gasteiger partial charge is 0.345 e. The molecule has 1 unspecified atom stereocenters. The fourth-order valence-corrected chi connectivity index (χ4v) is 2.22. The molecule has 1 heterocycles. The van der Waals surface area contributed by atoms with E-state index in [1.807, 2.05) is 0 Å². The summed E-state index contributed by atoms with van der Waals surface area (Å²) < 4.78 is 10.3. The summed E-state index contributed by atoms with van der Waals surface area (Å²) in [5, 5.41) is 13.3. The standard InChI is InChI=1S/C10H12N2O5/c1-16-10(17-2)7-5-6(12(14)15)3-4-8(7)11-9(10)13/h3-4,7H,5H2,1-2H3,(H,11,13). The Labute approximate surface area is 97.2 Å². The Morgan fingerprint density at radius 1 is 1.47 bits per heavy atom. The summed E-state index contributed by atoms with van der Waals surface area (Å²) >= 11 is 0. The van der Waals surface area contributed by atoms with Crippen LogP contribution >= 0.6 is 0 Å². The van der Waals surface area contributed by atoms with Crippen LogP contribution in [0.25, 0.3) is 0 Å². The van der Waals surface area contributed by atoms with Crippen LogP contribution in [0.1, 0.15) is 6.42 Å². The Kier molecular flexibility index (Phi) is 2.72. The van der Waals surface area contributed by atoms with Crippen LogP contribution in [0.15, 0.2) is 23.5 Å². The Morgan fingerprint density at radius 3 is 2.65 bits per heavy atom. The van der Waals surface area contributed by atoms with Gasteiger partial charge in [-0.2, -0.15) is 0 Å². The first-order valence-electron chi connectivity index (χ1n) is 5.02. The number of nitrogens with zero attached hydrogens (tertiary/aromatic N) is 1. The zero-order valence-electron chi connectivity index (χ0n) is 9.43. The molecule has 2 rings (SSSR count). The van der Waals surface area contributed by atoms with Gasteiger partial charge >= 0.3 is 0 Å². The SMILES string of the molecule is COC1(OC)C(=O)NC2=CC=C([N+](=O)[O-])CC21. The number of carbonyl (C=O) groups is 1. The summed E-state index contributed by atoms with van der Waals surface area (Å²) in [6, 6.07) is 0. The third-order valence-corrected chi connectivity index (χ3v) is 3.12. The molecule has 1 atom stereocenters. The molecule has 0 spiro atoms. The van der Waals surface area contributed by atoms with Crippen molar-refractivity contribution in [3.05, 3.63) is 33.7 Å². The van der Waals surface area contributed by atoms with Crippen LogP contribution in [0.2, 0.25) is 0 Å². The highest BCUT2D eigenvalue weighted by atomic mass is 16.7. The smallest absolute Gasteiger partial charge is 0.285 e. The molecule has 7 nitrogen and oxygen atoms in total. The van der Waals surface area contributed by atoms with Crippen LogP contribution < -0.4 is 5.32 Å². The zero-order chi connectivity index (χ0) is 12.6. The van der Waals surface area contributed by atoms with Crippen LogP contribution in [0.3, 0.4) is 0 Å². The third-order valence-electron chi connectivity index (χ3n) is 3.12. The summed E-state index contributed by atoms with van der Waals surface area (Å²) in [6.45, 7) is 0. The van der Waals surface area contributed by atoms with Crippen molar-refractivity contribution in [2.24, 2.45) is 5.92 Å². The molecule has 0 saturated carbocycles. The van der Waals surface area contributed by atoms with E-state index in [4.69, 9.17) is 9.47 Å². The van der Waals surface area contributed by atoms with E-state index in [0.717, 1.165) is 0 Å². The molecule has 92 valence electrons. The van der Waals surface area contributed by atoms with E-state index in [1.165, 1.54) is 26.4 Å². The number of amides is 1. The molecule has 1 saturated heterocycles. The molecule has 1 amide bonds. The Bertz CT molecular complexity index is 436. The maximum absolute atomic E-state index is 11.8. The van der Waals surface area contributed by atoms with Crippen molar-refractivity contribution in [3.63, 3.8) is 0 Å². The van der Waals surface area contributed by atoms with E-state index in [0.29, 0.717) is 5.70 Å². The highest BCUT2D eigenvalue weighted by molar-refractivity contribution is 5.89. The normalized spacial score (nSPS) is 25.8. The number of carbonyl (C=O) groups excluding carboxylic acids is 1. The van der Waals surface area contributed by atoms with Gasteiger partial charge in [0.15, 0.2) is 0 Å². The highest BCUT2D eigenvalue weighted by Gasteiger charge is 2.56. The molecular weight excluding hydrogens is 228 g/mol. The molecule has 7 heteroatoms. The minimum atomic E-state index is -1.47. The molecule has 1 aliphatic carbocycles. The Morgan fingerprint density at radius 2 is 2.12 bits per heavy atom. The van der Waals surface area contributed by atoms with Gasteiger partial charge in [-0.25, -0.2) is 0 Å². The maximum Gasteiger partial charge on any atom is 0.285 e. The zero-order valence-corrected chi connectivity index (χ0v) is 9.43. The molecule has 0 radical (unpaired) electrons. The fraction of sp³-hybridized carbons (Fsp3) is 0.500. The molecule has 1 N–H and O–H groups in total. The van der Waals surface area contributed by atoms with Gasteiger partial charge in [-0.15, -0.1) is 0 Å². The number of allylic oxidation sites excluding steroid dienone is 3. The number of nitrogens with one attached hydrogen (secondary N) is 1. The van der Waals surface area contributed by atoms with E-state index < -0.39 is 22.5 Å². The van der Waals surface area contributed by atoms with Crippen LogP contribution in [0, 0.1) is 16.0 Å². The van der Waals surface area contributed by atoms with Gasteiger partial charge in [-0.3, -0.25) is 14.9 Å². The quantitative estimate of drug-likeness (QED) is 0.431. The van der Waals surface area contributed by atoms with Crippen molar-refractivity contribution in [2.45, 2.75) is 12.2 Å². The van der Waals surface area contributed by atoms with Gasteiger partial charge in [-0.1, -0.05) is 0 Å². The number of methoxy groups -OCH3 is 2. The number of hydrogen-bond acceptors (Lipinski definition) is 5. The maximum atomic E-state index is 11.8. The molecule has 0 bridgehead atoms. The molecule has 17 heavy (non-hydrogen) atoms. The van der Waals surface area contributed by atoms with Crippen LogP contribution in [-0.2, 0) is 14.3 Å². The van der Waals surface area contributed by atoms with Crippen LogP contribution in [0.4, 0.5) is 0 Å². The van der Waals surface area contributed by atoms with Crippen LogP contribution in [-0.4, -0.2) is 30.8 Å². The van der Waals surface area contributed by atoms with Gasteiger partial charge < -0.3 is 14.8 Å². The van der Waals surface area contributed by atoms with E-state index >= 15 is 0 Å². The van der Waals surface area contributed by atoms with Crippen molar-refractivity contribution in [2.75, 3.05) is 14.2 Å². The minimum absolute atomic E-state index is 0.0359. The summed E-state index contributed by atoms with van der Waals surface area (Å²) in [7, 11) is 2.69. The van der Waals surface area contributed by atoms with Gasteiger partial charge in [0.1, 0.15) is 0 Å². The molecule has 1 fully saturated rings. The second kappa shape index (κ2) is 3.94. The average molecular weight is 240 g/mol. The van der Waals surface area contributed by atoms with E-state index in [2.05, 4.69) is 5.32 Å². The monoisotopic (exact) mass is 240 g/mol. The number of nitro groups is 1. The number of ether oxygens (including phenoxy) is 2. The van der Waals surface area contributed by atoms with Gasteiger partial charge in [-0.05, 0) is 6.08 Å². The number of hydrogen-bond donors (Lipinski definition) is 1. The molecule has 0 aromatic heterocycles. The summed E-state index contributed by atoms with van der Waals surface area (Å²) in [5.74, 6) is -2.41. The van der Waals surface area contributed by atoms with Gasteiger partial charge in [0.2, 0.25) is 5.70 Å². The molecule has 1 aliphatic heterocycles. The van der Waals surface area contributed by atoms with Crippen molar-refractivity contribution >= 4 is 5.91 Å². The lowest BCUT2D eigenvalue weighted by Crippen LogP contribution is -2.46. The summed E-state index contributed by atoms with van der Waals surface area (Å²) in [5.41, 5.74) is 0.623. The predicted molar refractivity (Wildman–Crippen MR) is 56.2 cm³/mol. The first-order valence-corrected chi connectivity index (χ1v) is 5.02. The fourth-order valence-electron chi connectivity index (χ4n) is 2.22. The molecular formula is C10H12N2O5. The Balaban J connectivity index is 2.38. The topological polar surface area (TPSA) is 90.7 Å². The van der Waals surface area contributed by atoms with Gasteiger partial charge in [0.05, 0.1) is 17.3 Å². The lowest BCUT2D eigenvalue weighted by Gasteiger charge is -2.29. The van der Waals surface area contributed by atoms with E-state index in [9.17, 15) is 14.9 Å². The van der Waals surface area contributed by atoms with Crippen molar-refractivity contribution in [1.29, 1.82) is 0 Å². The predicted octanol–water partition coefficient (Wildman–Crippen LogP) is 0.170. The lowest BCUT2D eigenvalue weighted by molar-refractivity contribution is -0.430. The first kappa shape index (κ1) is 11.7. The highest BCUT2D eigenvalue weighted by Crippen LogP contribution is 2.40. The van der Waals surface area contributed by atoms with Gasteiger partial charge in [0, 0.05) is 26.0 Å². The van der Waals surface area contributed by atoms with Crippen molar-refractivity contribution < 1.29 is 19.2 Å². The second-order valence-electron chi connectivity index (χ2n) is 3.82. The van der Waals surface area contributed by atoms with E-state index in [-0.39, 0.29) is 12.1 Å². The first-order chi connectivity index (χ1) is 8.05.